The minimum Gasteiger partial charge on any atom is -0.441 e. The van der Waals surface area contributed by atoms with E-state index in [1.54, 1.807) is 6.92 Å². The van der Waals surface area contributed by atoms with Crippen molar-refractivity contribution < 1.29 is 9.21 Å². The van der Waals surface area contributed by atoms with Gasteiger partial charge in [-0.1, -0.05) is 18.2 Å². The molecule has 0 atom stereocenters. The van der Waals surface area contributed by atoms with Gasteiger partial charge in [-0.2, -0.15) is 0 Å². The summed E-state index contributed by atoms with van der Waals surface area (Å²) in [5.41, 5.74) is 3.09. The summed E-state index contributed by atoms with van der Waals surface area (Å²) in [6.45, 7) is 3.86. The van der Waals surface area contributed by atoms with Crippen LogP contribution in [0.2, 0.25) is 0 Å². The van der Waals surface area contributed by atoms with Gasteiger partial charge in [-0.25, -0.2) is 4.98 Å². The van der Waals surface area contributed by atoms with E-state index in [0.717, 1.165) is 24.3 Å². The van der Waals surface area contributed by atoms with E-state index in [2.05, 4.69) is 46.3 Å². The number of rotatable bonds is 5. The Labute approximate surface area is 177 Å². The van der Waals surface area contributed by atoms with Gasteiger partial charge in [0.15, 0.2) is 5.69 Å². The predicted octanol–water partition coefficient (Wildman–Crippen LogP) is 4.43. The summed E-state index contributed by atoms with van der Waals surface area (Å²) in [4.78, 5) is 21.8. The highest BCUT2D eigenvalue weighted by Crippen LogP contribution is 2.25. The average molecular weight is 405 g/mol. The number of carbonyl (C=O) groups excluding carboxylic acids is 1. The van der Waals surface area contributed by atoms with E-state index < -0.39 is 0 Å². The van der Waals surface area contributed by atoms with Crippen molar-refractivity contribution in [1.29, 1.82) is 0 Å². The Morgan fingerprint density at radius 1 is 1.07 bits per heavy atom. The maximum Gasteiger partial charge on any atom is 0.277 e. The smallest absolute Gasteiger partial charge is 0.277 e. The number of oxazole rings is 1. The summed E-state index contributed by atoms with van der Waals surface area (Å²) in [5.74, 6) is 0.694. The van der Waals surface area contributed by atoms with Gasteiger partial charge in [-0.3, -0.25) is 4.79 Å². The number of hydrogen-bond donors (Lipinski definition) is 1. The molecule has 0 spiro atoms. The van der Waals surface area contributed by atoms with Crippen LogP contribution in [0.15, 0.2) is 59.0 Å². The molecule has 1 aliphatic rings. The zero-order valence-electron chi connectivity index (χ0n) is 17.8. The van der Waals surface area contributed by atoms with Crippen LogP contribution < -0.4 is 10.2 Å². The van der Waals surface area contributed by atoms with Gasteiger partial charge in [0, 0.05) is 36.1 Å². The van der Waals surface area contributed by atoms with Gasteiger partial charge in [-0.15, -0.1) is 0 Å². The first-order chi connectivity index (χ1) is 14.5. The van der Waals surface area contributed by atoms with Crippen LogP contribution in [0.25, 0.3) is 11.5 Å². The van der Waals surface area contributed by atoms with Crippen LogP contribution in [0.1, 0.15) is 29.1 Å². The number of amides is 1. The second-order valence-electron chi connectivity index (χ2n) is 7.97. The molecule has 1 aliphatic heterocycles. The molecule has 1 amide bonds. The summed E-state index contributed by atoms with van der Waals surface area (Å²) >= 11 is 0. The molecule has 0 aliphatic carbocycles. The van der Waals surface area contributed by atoms with Crippen molar-refractivity contribution in [2.24, 2.45) is 0 Å². The highest BCUT2D eigenvalue weighted by molar-refractivity contribution is 6.03. The van der Waals surface area contributed by atoms with E-state index in [4.69, 9.17) is 4.42 Å². The van der Waals surface area contributed by atoms with E-state index in [9.17, 15) is 4.79 Å². The van der Waals surface area contributed by atoms with E-state index in [1.807, 2.05) is 42.5 Å². The molecule has 1 aromatic heterocycles. The van der Waals surface area contributed by atoms with Crippen LogP contribution in [-0.2, 0) is 0 Å². The average Bonchev–Trinajstić information content (AvgIpc) is 3.17. The Morgan fingerprint density at radius 2 is 1.73 bits per heavy atom. The summed E-state index contributed by atoms with van der Waals surface area (Å²) in [6.07, 6.45) is 2.33. The maximum absolute atomic E-state index is 12.7. The van der Waals surface area contributed by atoms with Crippen molar-refractivity contribution in [3.05, 3.63) is 66.1 Å². The Bertz CT molecular complexity index is 988. The quantitative estimate of drug-likeness (QED) is 0.682. The fourth-order valence-corrected chi connectivity index (χ4v) is 3.90. The fourth-order valence-electron chi connectivity index (χ4n) is 3.90. The van der Waals surface area contributed by atoms with Gasteiger partial charge in [0.1, 0.15) is 5.76 Å². The third kappa shape index (κ3) is 4.39. The summed E-state index contributed by atoms with van der Waals surface area (Å²) in [5, 5.41) is 2.93. The molecule has 156 valence electrons. The molecule has 1 saturated heterocycles. The second kappa shape index (κ2) is 8.71. The molecule has 1 N–H and O–H groups in total. The van der Waals surface area contributed by atoms with Crippen molar-refractivity contribution in [2.75, 3.05) is 37.4 Å². The molecule has 0 bridgehead atoms. The van der Waals surface area contributed by atoms with Crippen LogP contribution >= 0.6 is 0 Å². The van der Waals surface area contributed by atoms with E-state index in [-0.39, 0.29) is 5.91 Å². The SMILES string of the molecule is Cc1oc(-c2ccccc2)nc1C(=O)Nc1ccc(N2CCC(N(C)C)CC2)cc1. The lowest BCUT2D eigenvalue weighted by atomic mass is 10.0. The first-order valence-electron chi connectivity index (χ1n) is 10.4. The van der Waals surface area contributed by atoms with Crippen molar-refractivity contribution in [1.82, 2.24) is 9.88 Å². The Balaban J connectivity index is 1.40. The van der Waals surface area contributed by atoms with Crippen LogP contribution in [0.5, 0.6) is 0 Å². The molecule has 0 radical (unpaired) electrons. The highest BCUT2D eigenvalue weighted by atomic mass is 16.4. The van der Waals surface area contributed by atoms with Crippen molar-refractivity contribution in [2.45, 2.75) is 25.8 Å². The lowest BCUT2D eigenvalue weighted by Crippen LogP contribution is -2.41. The van der Waals surface area contributed by atoms with Crippen molar-refractivity contribution in [3.8, 4) is 11.5 Å². The zero-order chi connectivity index (χ0) is 21.1. The van der Waals surface area contributed by atoms with Gasteiger partial charge in [-0.05, 0) is 70.3 Å². The number of hydrogen-bond acceptors (Lipinski definition) is 5. The maximum atomic E-state index is 12.7. The van der Waals surface area contributed by atoms with Gasteiger partial charge < -0.3 is 19.5 Å². The number of aryl methyl sites for hydroxylation is 1. The number of piperidine rings is 1. The summed E-state index contributed by atoms with van der Waals surface area (Å²) in [7, 11) is 4.30. The third-order valence-corrected chi connectivity index (χ3v) is 5.72. The molecule has 30 heavy (non-hydrogen) atoms. The molecule has 4 rings (SSSR count). The first kappa shape index (κ1) is 20.2. The van der Waals surface area contributed by atoms with Crippen LogP contribution in [-0.4, -0.2) is 49.0 Å². The number of nitrogens with one attached hydrogen (secondary N) is 1. The molecule has 1 fully saturated rings. The predicted molar refractivity (Wildman–Crippen MR) is 120 cm³/mol. The molecule has 3 aromatic rings. The van der Waals surface area contributed by atoms with Gasteiger partial charge in [0.25, 0.3) is 5.91 Å². The zero-order valence-corrected chi connectivity index (χ0v) is 17.8. The van der Waals surface area contributed by atoms with E-state index >= 15 is 0 Å². The van der Waals surface area contributed by atoms with Gasteiger partial charge in [0.2, 0.25) is 5.89 Å². The Kier molecular flexibility index (Phi) is 5.86. The van der Waals surface area contributed by atoms with E-state index in [0.29, 0.717) is 23.4 Å². The third-order valence-electron chi connectivity index (χ3n) is 5.72. The second-order valence-corrected chi connectivity index (χ2v) is 7.97. The van der Waals surface area contributed by atoms with Gasteiger partial charge in [0.05, 0.1) is 0 Å². The first-order valence-corrected chi connectivity index (χ1v) is 10.4. The number of aromatic nitrogens is 1. The molecule has 6 nitrogen and oxygen atoms in total. The molecule has 6 heteroatoms. The number of carbonyl (C=O) groups is 1. The van der Waals surface area contributed by atoms with Crippen LogP contribution in [0.3, 0.4) is 0 Å². The molecule has 2 heterocycles. The topological polar surface area (TPSA) is 61.6 Å². The molecular formula is C24H28N4O2. The highest BCUT2D eigenvalue weighted by Gasteiger charge is 2.21. The minimum atomic E-state index is -0.266. The Hall–Kier alpha value is -3.12. The number of benzene rings is 2. The van der Waals surface area contributed by atoms with Crippen molar-refractivity contribution in [3.63, 3.8) is 0 Å². The lowest BCUT2D eigenvalue weighted by molar-refractivity contribution is 0.102. The number of anilines is 2. The molecule has 0 saturated carbocycles. The summed E-state index contributed by atoms with van der Waals surface area (Å²) < 4.78 is 5.70. The normalized spacial score (nSPS) is 14.9. The summed E-state index contributed by atoms with van der Waals surface area (Å²) in [6, 6.07) is 18.3. The van der Waals surface area contributed by atoms with Crippen molar-refractivity contribution >= 4 is 17.3 Å². The minimum absolute atomic E-state index is 0.266. The lowest BCUT2D eigenvalue weighted by Gasteiger charge is -2.36. The van der Waals surface area contributed by atoms with Crippen LogP contribution in [0.4, 0.5) is 11.4 Å². The number of nitrogens with zero attached hydrogens (tertiary/aromatic N) is 3. The monoisotopic (exact) mass is 404 g/mol. The van der Waals surface area contributed by atoms with Gasteiger partial charge >= 0.3 is 0 Å². The molecule has 0 unspecified atom stereocenters. The van der Waals surface area contributed by atoms with Crippen LogP contribution in [0, 0.1) is 6.92 Å². The van der Waals surface area contributed by atoms with E-state index in [1.165, 1.54) is 18.5 Å². The fraction of sp³-hybridized carbons (Fsp3) is 0.333. The Morgan fingerprint density at radius 3 is 2.37 bits per heavy atom. The molecular weight excluding hydrogens is 376 g/mol. The largest absolute Gasteiger partial charge is 0.441 e. The standard InChI is InChI=1S/C24H28N4O2/c1-17-22(26-24(30-17)18-7-5-4-6-8-18)23(29)25-19-9-11-21(12-10-19)28-15-13-20(14-16-28)27(2)3/h4-12,20H,13-16H2,1-3H3,(H,25,29). The molecule has 2 aromatic carbocycles.